The molecule has 0 aromatic heterocycles. The molecule has 0 aromatic carbocycles. The predicted octanol–water partition coefficient (Wildman–Crippen LogP) is 1.88. The molecule has 0 bridgehead atoms. The molecule has 0 spiro atoms. The number of allylic oxidation sites excluding steroid dienone is 1. The Morgan fingerprint density at radius 3 is 2.20 bits per heavy atom. The molecular weight excluding hydrogens is 80.1 g/mol. The first kappa shape index (κ1) is 5.09. The smallest absolute Gasteiger partial charge is 0.0142 e. The Hall–Kier alpha value is 0.0900. The van der Waals surface area contributed by atoms with Crippen LogP contribution in [0.4, 0.5) is 0 Å². The van der Waals surface area contributed by atoms with Gasteiger partial charge in [-0.2, -0.15) is 0 Å². The molecule has 0 N–H and O–H groups in total. The highest BCUT2D eigenvalue weighted by Crippen LogP contribution is 1.89. The highest BCUT2D eigenvalue weighted by Gasteiger charge is 1.51. The summed E-state index contributed by atoms with van der Waals surface area (Å²) in [6, 6.07) is 0. The van der Waals surface area contributed by atoms with Crippen molar-refractivity contribution in [3.8, 4) is 0 Å². The molecule has 0 aliphatic rings. The van der Waals surface area contributed by atoms with Crippen molar-refractivity contribution in [3.05, 3.63) is 11.5 Å². The molecule has 0 atom stereocenters. The van der Waals surface area contributed by atoms with Gasteiger partial charge < -0.3 is 0 Å². The molecule has 0 amide bonds. The molecule has 0 rings (SSSR count). The third-order valence-corrected chi connectivity index (χ3v) is 0.816. The second kappa shape index (κ2) is 4.09. The van der Waals surface area contributed by atoms with Crippen LogP contribution in [-0.4, -0.2) is 6.26 Å². The molecule has 0 saturated carbocycles. The van der Waals surface area contributed by atoms with E-state index in [4.69, 9.17) is 0 Å². The van der Waals surface area contributed by atoms with E-state index in [0.717, 1.165) is 0 Å². The number of rotatable bonds is 1. The Morgan fingerprint density at radius 2 is 2.20 bits per heavy atom. The van der Waals surface area contributed by atoms with Gasteiger partial charge in [-0.3, -0.25) is 0 Å². The van der Waals surface area contributed by atoms with Gasteiger partial charge in [0.1, 0.15) is 0 Å². The van der Waals surface area contributed by atoms with Crippen molar-refractivity contribution in [3.63, 3.8) is 0 Å². The molecule has 0 heterocycles. The summed E-state index contributed by atoms with van der Waals surface area (Å²) in [6.07, 6.45) is 4.06. The van der Waals surface area contributed by atoms with Crippen molar-refractivity contribution in [2.24, 2.45) is 0 Å². The molecule has 0 aliphatic carbocycles. The summed E-state index contributed by atoms with van der Waals surface area (Å²) in [4.78, 5) is 0. The second-order valence-corrected chi connectivity index (χ2v) is 1.45. The third kappa shape index (κ3) is 4.09. The number of thioether (sulfide) groups is 1. The van der Waals surface area contributed by atoms with Crippen LogP contribution in [0.2, 0.25) is 0 Å². The molecule has 0 radical (unpaired) electrons. The van der Waals surface area contributed by atoms with Crippen molar-refractivity contribution in [1.29, 1.82) is 0 Å². The second-order valence-electron chi connectivity index (χ2n) is 0.705. The average Bonchev–Trinajstić information content (AvgIpc) is 1.41. The van der Waals surface area contributed by atoms with Crippen molar-refractivity contribution >= 4 is 11.8 Å². The lowest BCUT2D eigenvalue weighted by atomic mass is 10.8. The fourth-order valence-electron chi connectivity index (χ4n) is 0.136. The summed E-state index contributed by atoms with van der Waals surface area (Å²) in [5.41, 5.74) is 0. The minimum atomic E-state index is 1.72. The van der Waals surface area contributed by atoms with Crippen molar-refractivity contribution in [2.75, 3.05) is 6.26 Å². The van der Waals surface area contributed by atoms with Crippen molar-refractivity contribution in [1.82, 2.24) is 0 Å². The maximum absolute atomic E-state index is 2.04. The minimum Gasteiger partial charge on any atom is -0.138 e. The summed E-state index contributed by atoms with van der Waals surface area (Å²) < 4.78 is 0. The molecule has 0 aromatic rings. The molecule has 0 unspecified atom stereocenters. The number of hydrogen-bond acceptors (Lipinski definition) is 1. The van der Waals surface area contributed by atoms with E-state index in [0.29, 0.717) is 0 Å². The van der Waals surface area contributed by atoms with Crippen LogP contribution in [0.3, 0.4) is 0 Å². The summed E-state index contributed by atoms with van der Waals surface area (Å²) in [5, 5.41) is 2.04. The highest BCUT2D eigenvalue weighted by atomic mass is 32.2. The van der Waals surface area contributed by atoms with E-state index in [2.05, 4.69) is 0 Å². The topological polar surface area (TPSA) is 0 Å². The van der Waals surface area contributed by atoms with Gasteiger partial charge in [-0.1, -0.05) is 6.08 Å². The summed E-state index contributed by atoms with van der Waals surface area (Å²) in [6.45, 7) is 2.01. The van der Waals surface area contributed by atoms with Gasteiger partial charge >= 0.3 is 0 Å². The largest absolute Gasteiger partial charge is 0.138 e. The van der Waals surface area contributed by atoms with Crippen LogP contribution in [0, 0.1) is 0 Å². The normalized spacial score (nSPS) is 10.0. The fourth-order valence-corrected chi connectivity index (χ4v) is 0.408. The average molecular weight is 88.2 g/mol. The first-order valence-corrected chi connectivity index (χ1v) is 2.84. The minimum absolute atomic E-state index is 1.72. The number of hydrogen-bond donors (Lipinski definition) is 0. The Labute approximate surface area is 37.3 Å². The first-order chi connectivity index (χ1) is 2.41. The van der Waals surface area contributed by atoms with Gasteiger partial charge in [0.25, 0.3) is 0 Å². The van der Waals surface area contributed by atoms with E-state index in [1.807, 2.05) is 24.7 Å². The quantitative estimate of drug-likeness (QED) is 0.471. The van der Waals surface area contributed by atoms with Gasteiger partial charge in [0, 0.05) is 0 Å². The van der Waals surface area contributed by atoms with Gasteiger partial charge in [-0.05, 0) is 18.6 Å². The van der Waals surface area contributed by atoms with Crippen LogP contribution in [0.25, 0.3) is 0 Å². The zero-order valence-electron chi connectivity index (χ0n) is 3.56. The standard InChI is InChI=1S/C4H8S/c1-3-4-5-2/h3-4H,1-2H3/b4-3-. The van der Waals surface area contributed by atoms with Crippen LogP contribution in [-0.2, 0) is 0 Å². The molecule has 0 nitrogen and oxygen atoms in total. The fraction of sp³-hybridized carbons (Fsp3) is 0.500. The lowest BCUT2D eigenvalue weighted by Crippen LogP contribution is -1.34. The van der Waals surface area contributed by atoms with Crippen LogP contribution in [0.5, 0.6) is 0 Å². The van der Waals surface area contributed by atoms with Crippen LogP contribution in [0.15, 0.2) is 11.5 Å². The third-order valence-electron chi connectivity index (χ3n) is 0.272. The van der Waals surface area contributed by atoms with E-state index in [1.54, 1.807) is 11.8 Å². The van der Waals surface area contributed by atoms with E-state index < -0.39 is 0 Å². The molecule has 30 valence electrons. The van der Waals surface area contributed by atoms with E-state index in [-0.39, 0.29) is 0 Å². The van der Waals surface area contributed by atoms with Gasteiger partial charge in [0.2, 0.25) is 0 Å². The molecule has 0 fully saturated rings. The lowest BCUT2D eigenvalue weighted by molar-refractivity contribution is 1.79. The predicted molar refractivity (Wildman–Crippen MR) is 28.3 cm³/mol. The monoisotopic (exact) mass is 88.0 g/mol. The maximum atomic E-state index is 2.04. The highest BCUT2D eigenvalue weighted by molar-refractivity contribution is 8.01. The molecule has 0 aliphatic heterocycles. The zero-order chi connectivity index (χ0) is 4.12. The van der Waals surface area contributed by atoms with Gasteiger partial charge in [0.05, 0.1) is 0 Å². The molecule has 5 heavy (non-hydrogen) atoms. The van der Waals surface area contributed by atoms with Crippen LogP contribution in [0.1, 0.15) is 6.92 Å². The van der Waals surface area contributed by atoms with E-state index in [1.165, 1.54) is 0 Å². The van der Waals surface area contributed by atoms with Crippen LogP contribution >= 0.6 is 11.8 Å². The lowest BCUT2D eigenvalue weighted by Gasteiger charge is -1.66. The zero-order valence-corrected chi connectivity index (χ0v) is 4.38. The van der Waals surface area contributed by atoms with E-state index in [9.17, 15) is 0 Å². The molecular formula is C4H8S. The summed E-state index contributed by atoms with van der Waals surface area (Å²) in [7, 11) is 0. The summed E-state index contributed by atoms with van der Waals surface area (Å²) in [5.74, 6) is 0. The van der Waals surface area contributed by atoms with E-state index >= 15 is 0 Å². The van der Waals surface area contributed by atoms with Gasteiger partial charge in [-0.25, -0.2) is 0 Å². The Balaban J connectivity index is 2.62. The first-order valence-electron chi connectivity index (χ1n) is 1.55. The van der Waals surface area contributed by atoms with Crippen molar-refractivity contribution in [2.45, 2.75) is 6.92 Å². The Morgan fingerprint density at radius 1 is 1.60 bits per heavy atom. The molecule has 0 saturated heterocycles. The summed E-state index contributed by atoms with van der Waals surface area (Å²) >= 11 is 1.72. The Kier molecular flexibility index (Phi) is 4.16. The van der Waals surface area contributed by atoms with Crippen molar-refractivity contribution < 1.29 is 0 Å². The van der Waals surface area contributed by atoms with Gasteiger partial charge in [0.15, 0.2) is 0 Å². The SMILES string of the molecule is C/C=C\SC. The molecule has 1 heteroatoms. The van der Waals surface area contributed by atoms with Gasteiger partial charge in [-0.15, -0.1) is 11.8 Å². The Bertz CT molecular complexity index is 30.6. The van der Waals surface area contributed by atoms with Crippen LogP contribution < -0.4 is 0 Å². The maximum Gasteiger partial charge on any atom is -0.0142 e.